The number of aliphatic hydroxyl groups is 1. The van der Waals surface area contributed by atoms with Gasteiger partial charge in [-0.2, -0.15) is 0 Å². The minimum absolute atomic E-state index is 0.461. The molecule has 0 fully saturated rings. The second kappa shape index (κ2) is 7.08. The molecular formula is C28H27BO2. The summed E-state index contributed by atoms with van der Waals surface area (Å²) in [6.45, 7) is 7.46. The zero-order valence-corrected chi connectivity index (χ0v) is 18.6. The highest BCUT2D eigenvalue weighted by Crippen LogP contribution is 2.47. The smallest absolute Gasteiger partial charge is 0.310 e. The van der Waals surface area contributed by atoms with E-state index in [-0.39, 0.29) is 0 Å². The van der Waals surface area contributed by atoms with Crippen molar-refractivity contribution in [2.45, 2.75) is 38.9 Å². The van der Waals surface area contributed by atoms with Gasteiger partial charge in [0.2, 0.25) is 0 Å². The molecule has 1 N–H and O–H groups in total. The highest BCUT2D eigenvalue weighted by atomic mass is 16.5. The van der Waals surface area contributed by atoms with Crippen LogP contribution in [0.1, 0.15) is 27.7 Å². The van der Waals surface area contributed by atoms with Gasteiger partial charge in [0.1, 0.15) is 0 Å². The van der Waals surface area contributed by atoms with E-state index in [1.54, 1.807) is 13.8 Å². The van der Waals surface area contributed by atoms with E-state index >= 15 is 0 Å². The van der Waals surface area contributed by atoms with Crippen LogP contribution in [0.3, 0.4) is 0 Å². The van der Waals surface area contributed by atoms with Gasteiger partial charge in [-0.3, -0.25) is 0 Å². The van der Waals surface area contributed by atoms with Crippen LogP contribution in [0.2, 0.25) is 0 Å². The van der Waals surface area contributed by atoms with Crippen molar-refractivity contribution in [2.24, 2.45) is 0 Å². The average molecular weight is 406 g/mol. The van der Waals surface area contributed by atoms with Crippen molar-refractivity contribution in [1.82, 2.24) is 0 Å². The molecule has 154 valence electrons. The van der Waals surface area contributed by atoms with Crippen molar-refractivity contribution in [3.8, 4) is 33.4 Å². The van der Waals surface area contributed by atoms with Crippen molar-refractivity contribution in [2.75, 3.05) is 0 Å². The van der Waals surface area contributed by atoms with Crippen molar-refractivity contribution in [3.63, 3.8) is 0 Å². The van der Waals surface area contributed by atoms with Crippen LogP contribution in [-0.4, -0.2) is 23.8 Å². The molecule has 1 aliphatic rings. The third kappa shape index (κ3) is 3.29. The zero-order valence-electron chi connectivity index (χ0n) is 18.6. The van der Waals surface area contributed by atoms with Crippen LogP contribution in [0.15, 0.2) is 78.9 Å². The molecule has 31 heavy (non-hydrogen) atoms. The molecule has 1 aliphatic carbocycles. The maximum Gasteiger partial charge on any atom is 0.310 e. The van der Waals surface area contributed by atoms with Crippen LogP contribution in [0.25, 0.3) is 44.2 Å². The number of hydrogen-bond donors (Lipinski definition) is 1. The first kappa shape index (κ1) is 20.1. The number of benzene rings is 4. The first-order valence-electron chi connectivity index (χ1n) is 10.9. The van der Waals surface area contributed by atoms with Gasteiger partial charge in [0.05, 0.1) is 11.2 Å². The Bertz CT molecular complexity index is 1280. The van der Waals surface area contributed by atoms with E-state index in [0.29, 0.717) is 7.48 Å². The monoisotopic (exact) mass is 406 g/mol. The third-order valence-corrected chi connectivity index (χ3v) is 6.90. The predicted molar refractivity (Wildman–Crippen MR) is 132 cm³/mol. The third-order valence-electron chi connectivity index (χ3n) is 6.90. The molecule has 0 unspecified atom stereocenters. The van der Waals surface area contributed by atoms with Crippen molar-refractivity contribution in [3.05, 3.63) is 78.9 Å². The lowest BCUT2D eigenvalue weighted by Gasteiger charge is -2.37. The van der Waals surface area contributed by atoms with Crippen LogP contribution in [0.5, 0.6) is 0 Å². The predicted octanol–water partition coefficient (Wildman–Crippen LogP) is 5.70. The van der Waals surface area contributed by atoms with Crippen LogP contribution in [0.4, 0.5) is 0 Å². The molecule has 0 aliphatic heterocycles. The Balaban J connectivity index is 1.58. The van der Waals surface area contributed by atoms with Gasteiger partial charge in [0, 0.05) is 0 Å². The Kier molecular flexibility index (Phi) is 4.58. The molecule has 0 radical (unpaired) electrons. The van der Waals surface area contributed by atoms with E-state index in [2.05, 4.69) is 78.9 Å². The van der Waals surface area contributed by atoms with Gasteiger partial charge < -0.3 is 9.76 Å². The highest BCUT2D eigenvalue weighted by molar-refractivity contribution is 6.52. The molecule has 2 nitrogen and oxygen atoms in total. The summed E-state index contributed by atoms with van der Waals surface area (Å²) < 4.78 is 6.19. The molecule has 0 spiro atoms. The molecule has 4 aromatic carbocycles. The fourth-order valence-electron chi connectivity index (χ4n) is 4.29. The second-order valence-electron chi connectivity index (χ2n) is 9.48. The Hall–Kier alpha value is -2.88. The summed E-state index contributed by atoms with van der Waals surface area (Å²) in [4.78, 5) is 0. The fraction of sp³-hybridized carbons (Fsp3) is 0.214. The van der Waals surface area contributed by atoms with Gasteiger partial charge in [-0.05, 0) is 83.4 Å². The summed E-state index contributed by atoms with van der Waals surface area (Å²) in [5.41, 5.74) is 7.18. The van der Waals surface area contributed by atoms with Crippen molar-refractivity contribution < 1.29 is 9.76 Å². The molecule has 0 amide bonds. The molecule has 0 bridgehead atoms. The summed E-state index contributed by atoms with van der Waals surface area (Å²) in [6, 6.07) is 28.2. The van der Waals surface area contributed by atoms with Crippen molar-refractivity contribution in [1.29, 1.82) is 0 Å². The maximum atomic E-state index is 10.4. The van der Waals surface area contributed by atoms with Gasteiger partial charge >= 0.3 is 7.48 Å². The van der Waals surface area contributed by atoms with Gasteiger partial charge in [0.25, 0.3) is 0 Å². The van der Waals surface area contributed by atoms with Crippen LogP contribution in [0, 0.1) is 0 Å². The highest BCUT2D eigenvalue weighted by Gasteiger charge is 2.36. The summed E-state index contributed by atoms with van der Waals surface area (Å²) in [5, 5.41) is 13.0. The molecule has 5 rings (SSSR count). The Morgan fingerprint density at radius 3 is 2.13 bits per heavy atom. The molecular weight excluding hydrogens is 379 g/mol. The van der Waals surface area contributed by atoms with E-state index in [0.717, 1.165) is 5.46 Å². The lowest BCUT2D eigenvalue weighted by atomic mass is 9.79. The Morgan fingerprint density at radius 1 is 0.677 bits per heavy atom. The summed E-state index contributed by atoms with van der Waals surface area (Å²) in [6.07, 6.45) is 0. The van der Waals surface area contributed by atoms with Gasteiger partial charge in [0.15, 0.2) is 0 Å². The zero-order chi connectivity index (χ0) is 21.8. The van der Waals surface area contributed by atoms with Gasteiger partial charge in [-0.15, -0.1) is 0 Å². The number of hydrogen-bond acceptors (Lipinski definition) is 2. The topological polar surface area (TPSA) is 29.5 Å². The van der Waals surface area contributed by atoms with Crippen LogP contribution >= 0.6 is 0 Å². The number of fused-ring (bicyclic) bond motifs is 3. The van der Waals surface area contributed by atoms with Gasteiger partial charge in [-0.25, -0.2) is 0 Å². The second-order valence-corrected chi connectivity index (χ2v) is 9.48. The lowest BCUT2D eigenvalue weighted by Crippen LogP contribution is -2.49. The molecule has 0 heterocycles. The molecule has 0 aromatic heterocycles. The van der Waals surface area contributed by atoms with Crippen molar-refractivity contribution >= 4 is 23.7 Å². The SMILES string of the molecule is CC(C)(O)C(C)(C)OBc1ccc2c3c(cccc13)-c1cc(-c3ccccc3)ccc1-2. The molecule has 0 saturated heterocycles. The molecule has 4 aromatic rings. The van der Waals surface area contributed by atoms with Gasteiger partial charge in [-0.1, -0.05) is 72.8 Å². The quantitative estimate of drug-likeness (QED) is 0.380. The molecule has 0 atom stereocenters. The van der Waals surface area contributed by atoms with E-state index < -0.39 is 11.2 Å². The first-order valence-corrected chi connectivity index (χ1v) is 10.9. The molecule has 0 saturated carbocycles. The average Bonchev–Trinajstić information content (AvgIpc) is 3.08. The lowest BCUT2D eigenvalue weighted by molar-refractivity contribution is -0.0893. The normalized spacial score (nSPS) is 12.8. The summed E-state index contributed by atoms with van der Waals surface area (Å²) in [7, 11) is 0.461. The van der Waals surface area contributed by atoms with E-state index in [1.165, 1.54) is 44.2 Å². The fourth-order valence-corrected chi connectivity index (χ4v) is 4.29. The van der Waals surface area contributed by atoms with E-state index in [4.69, 9.17) is 4.65 Å². The minimum Gasteiger partial charge on any atom is -0.427 e. The maximum absolute atomic E-state index is 10.4. The first-order chi connectivity index (χ1) is 14.8. The van der Waals surface area contributed by atoms with E-state index in [9.17, 15) is 5.11 Å². The standard InChI is InChI=1S/C28H27BO2/c1-27(2,30)28(3,4)31-29-25-16-15-22-20-14-13-19(18-9-6-5-7-10-18)17-24(20)21-11-8-12-23(25)26(21)22/h5-17,29-30H,1-4H3. The largest absolute Gasteiger partial charge is 0.427 e. The van der Waals surface area contributed by atoms with Crippen LogP contribution in [-0.2, 0) is 4.65 Å². The minimum atomic E-state index is -0.925. The summed E-state index contributed by atoms with van der Waals surface area (Å²) in [5.74, 6) is 0. The van der Waals surface area contributed by atoms with Crippen LogP contribution < -0.4 is 5.46 Å². The summed E-state index contributed by atoms with van der Waals surface area (Å²) >= 11 is 0. The Morgan fingerprint density at radius 2 is 1.39 bits per heavy atom. The molecule has 3 heteroatoms. The number of rotatable bonds is 5. The Labute approximate surface area is 184 Å². The van der Waals surface area contributed by atoms with E-state index in [1.807, 2.05) is 13.8 Å².